The number of aromatic nitrogens is 1. The molecule has 234 valence electrons. The van der Waals surface area contributed by atoms with E-state index in [0.29, 0.717) is 36.4 Å². The lowest BCUT2D eigenvalue weighted by molar-refractivity contribution is -0.109. The molecule has 2 fully saturated rings. The zero-order valence-corrected chi connectivity index (χ0v) is 25.2. The first-order valence-electron chi connectivity index (χ1n) is 14.7. The van der Waals surface area contributed by atoms with Gasteiger partial charge in [-0.15, -0.1) is 0 Å². The zero-order valence-electron chi connectivity index (χ0n) is 25.2. The number of nitrogens with one attached hydrogen (secondary N) is 2. The van der Waals surface area contributed by atoms with Gasteiger partial charge in [-0.2, -0.15) is 0 Å². The van der Waals surface area contributed by atoms with Gasteiger partial charge in [-0.05, 0) is 86.6 Å². The van der Waals surface area contributed by atoms with Crippen molar-refractivity contribution in [3.8, 4) is 22.8 Å². The zero-order chi connectivity index (χ0) is 31.6. The molecular weight excluding hydrogens is 566 g/mol. The summed E-state index contributed by atoms with van der Waals surface area (Å²) in [5.74, 6) is 1.37. The Morgan fingerprint density at radius 1 is 1.16 bits per heavy atom. The normalized spacial score (nSPS) is 17.5. The van der Waals surface area contributed by atoms with Crippen LogP contribution in [0.4, 0.5) is 8.78 Å². The first-order valence-corrected chi connectivity index (χ1v) is 14.7. The van der Waals surface area contributed by atoms with Crippen molar-refractivity contribution in [3.63, 3.8) is 0 Å². The van der Waals surface area contributed by atoms with Crippen LogP contribution in [0.15, 0.2) is 42.5 Å². The lowest BCUT2D eigenvalue weighted by Gasteiger charge is -2.18. The van der Waals surface area contributed by atoms with Crippen LogP contribution in [-0.2, 0) is 9.59 Å². The Balaban J connectivity index is 0.000000208. The number of nitrogens with zero attached hydrogens (tertiary/aromatic N) is 1. The molecule has 2 heterocycles. The smallest absolute Gasteiger partial charge is 0.207 e. The van der Waals surface area contributed by atoms with Gasteiger partial charge in [0, 0.05) is 52.0 Å². The van der Waals surface area contributed by atoms with Crippen LogP contribution in [0, 0.1) is 18.7 Å². The SMILES string of the molecule is C=c1c(OC)cc(C)c/c1=C/NC1CC1.NC=O.O=CNCC(c1cc2c(c(-c3ccc(F)cc3)n1)OCC2CF)C1CC1. The summed E-state index contributed by atoms with van der Waals surface area (Å²) < 4.78 is 37.8. The van der Waals surface area contributed by atoms with Gasteiger partial charge in [0.05, 0.1) is 26.3 Å². The van der Waals surface area contributed by atoms with Gasteiger partial charge in [0.1, 0.15) is 23.0 Å². The lowest BCUT2D eigenvalue weighted by Crippen LogP contribution is -2.28. The van der Waals surface area contributed by atoms with Crippen molar-refractivity contribution in [1.82, 2.24) is 15.6 Å². The van der Waals surface area contributed by atoms with Crippen molar-refractivity contribution in [2.45, 2.75) is 50.5 Å². The molecule has 2 unspecified atom stereocenters. The second kappa shape index (κ2) is 15.3. The molecule has 10 heteroatoms. The fraction of sp³-hybridized carbons (Fsp3) is 0.382. The molecule has 0 radical (unpaired) electrons. The van der Waals surface area contributed by atoms with Gasteiger partial charge in [-0.1, -0.05) is 6.58 Å². The number of hydrogen-bond acceptors (Lipinski definition) is 6. The van der Waals surface area contributed by atoms with Crippen LogP contribution in [0.3, 0.4) is 0 Å². The number of nitrogens with two attached hydrogens (primary N) is 1. The summed E-state index contributed by atoms with van der Waals surface area (Å²) in [6.45, 7) is 6.39. The molecule has 6 rings (SSSR count). The second-order valence-electron chi connectivity index (χ2n) is 11.2. The quantitative estimate of drug-likeness (QED) is 0.304. The predicted octanol–water partition coefficient (Wildman–Crippen LogP) is 3.58. The Kier molecular flexibility index (Phi) is 11.3. The minimum absolute atomic E-state index is 0.0885. The molecule has 2 aliphatic carbocycles. The number of ether oxygens (including phenoxy) is 2. The number of hydrogen-bond donors (Lipinski definition) is 3. The van der Waals surface area contributed by atoms with E-state index in [0.717, 1.165) is 45.8 Å². The van der Waals surface area contributed by atoms with E-state index in [9.17, 15) is 13.6 Å². The number of rotatable bonds is 10. The molecule has 3 aliphatic rings. The van der Waals surface area contributed by atoms with Crippen molar-refractivity contribution in [2.24, 2.45) is 11.7 Å². The van der Waals surface area contributed by atoms with Crippen molar-refractivity contribution < 1.29 is 27.8 Å². The van der Waals surface area contributed by atoms with Crippen LogP contribution in [-0.4, -0.2) is 50.8 Å². The third-order valence-corrected chi connectivity index (χ3v) is 7.85. The number of methoxy groups -OCH3 is 1. The van der Waals surface area contributed by atoms with Crippen LogP contribution >= 0.6 is 0 Å². The summed E-state index contributed by atoms with van der Waals surface area (Å²) in [7, 11) is 1.68. The molecule has 2 atom stereocenters. The average Bonchev–Trinajstić information content (AvgIpc) is 3.97. The molecule has 1 aliphatic heterocycles. The molecule has 44 heavy (non-hydrogen) atoms. The number of alkyl halides is 1. The molecule has 2 amide bonds. The topological polar surface area (TPSA) is 116 Å². The third-order valence-electron chi connectivity index (χ3n) is 7.85. The largest absolute Gasteiger partial charge is 0.496 e. The van der Waals surface area contributed by atoms with Gasteiger partial charge in [-0.3, -0.25) is 14.0 Å². The number of halogens is 2. The molecule has 0 saturated heterocycles. The van der Waals surface area contributed by atoms with E-state index in [-0.39, 0.29) is 30.7 Å². The van der Waals surface area contributed by atoms with E-state index >= 15 is 0 Å². The monoisotopic (exact) mass is 606 g/mol. The molecule has 0 bridgehead atoms. The maximum Gasteiger partial charge on any atom is 0.207 e. The Hall–Kier alpha value is -4.47. The van der Waals surface area contributed by atoms with Gasteiger partial charge in [0.15, 0.2) is 0 Å². The molecular formula is C34H40F2N4O4. The van der Waals surface area contributed by atoms with E-state index in [4.69, 9.17) is 19.3 Å². The number of benzene rings is 2. The highest BCUT2D eigenvalue weighted by Crippen LogP contribution is 2.46. The molecule has 2 saturated carbocycles. The number of primary amides is 1. The maximum atomic E-state index is 13.5. The van der Waals surface area contributed by atoms with Crippen LogP contribution in [0.25, 0.3) is 24.0 Å². The first-order chi connectivity index (χ1) is 21.3. The number of pyridine rings is 1. The van der Waals surface area contributed by atoms with Crippen molar-refractivity contribution in [1.29, 1.82) is 0 Å². The summed E-state index contributed by atoms with van der Waals surface area (Å²) in [6, 6.07) is 12.8. The number of aryl methyl sites for hydroxylation is 1. The molecule has 8 nitrogen and oxygen atoms in total. The van der Waals surface area contributed by atoms with E-state index < -0.39 is 6.67 Å². The molecule has 0 spiro atoms. The molecule has 2 aromatic carbocycles. The number of fused-ring (bicyclic) bond motifs is 1. The van der Waals surface area contributed by atoms with Gasteiger partial charge in [0.2, 0.25) is 12.8 Å². The fourth-order valence-corrected chi connectivity index (χ4v) is 5.19. The first kappa shape index (κ1) is 32.4. The van der Waals surface area contributed by atoms with Crippen LogP contribution in [0.5, 0.6) is 11.5 Å². The Labute approximate surface area is 256 Å². The highest BCUT2D eigenvalue weighted by molar-refractivity contribution is 5.70. The second-order valence-corrected chi connectivity index (χ2v) is 11.2. The van der Waals surface area contributed by atoms with Crippen molar-refractivity contribution >= 4 is 25.6 Å². The van der Waals surface area contributed by atoms with E-state index in [1.807, 2.05) is 12.1 Å². The van der Waals surface area contributed by atoms with Gasteiger partial charge in [-0.25, -0.2) is 9.37 Å². The van der Waals surface area contributed by atoms with E-state index in [2.05, 4.69) is 42.1 Å². The Morgan fingerprint density at radius 3 is 2.45 bits per heavy atom. The van der Waals surface area contributed by atoms with Gasteiger partial charge in [0.25, 0.3) is 0 Å². The average molecular weight is 607 g/mol. The molecule has 1 aromatic heterocycles. The summed E-state index contributed by atoms with van der Waals surface area (Å²) in [4.78, 5) is 24.1. The summed E-state index contributed by atoms with van der Waals surface area (Å²) in [6.07, 6.45) is 7.75. The van der Waals surface area contributed by atoms with Gasteiger partial charge < -0.3 is 25.8 Å². The van der Waals surface area contributed by atoms with Crippen molar-refractivity contribution in [2.75, 3.05) is 26.9 Å². The molecule has 4 N–H and O–H groups in total. The number of amides is 2. The predicted molar refractivity (Wildman–Crippen MR) is 167 cm³/mol. The lowest BCUT2D eigenvalue weighted by atomic mass is 9.93. The molecule has 3 aromatic rings. The van der Waals surface area contributed by atoms with Crippen LogP contribution in [0.2, 0.25) is 0 Å². The minimum atomic E-state index is -0.500. The van der Waals surface area contributed by atoms with Crippen LogP contribution < -0.4 is 36.3 Å². The minimum Gasteiger partial charge on any atom is -0.496 e. The fourth-order valence-electron chi connectivity index (χ4n) is 5.19. The van der Waals surface area contributed by atoms with Gasteiger partial charge >= 0.3 is 0 Å². The Bertz CT molecular complexity index is 1540. The summed E-state index contributed by atoms with van der Waals surface area (Å²) in [5, 5.41) is 8.20. The van der Waals surface area contributed by atoms with E-state index in [1.165, 1.54) is 30.5 Å². The number of carbonyl (C=O) groups is 2. The maximum absolute atomic E-state index is 13.5. The van der Waals surface area contributed by atoms with E-state index in [1.54, 1.807) is 19.2 Å². The van der Waals surface area contributed by atoms with Crippen LogP contribution in [0.1, 0.15) is 54.3 Å². The Morgan fingerprint density at radius 2 is 1.86 bits per heavy atom. The highest BCUT2D eigenvalue weighted by atomic mass is 19.1. The standard InChI is InChI=1S/C20H20F2N2O2.C13H17NO.CH3NO/c21-8-14-10-26-20-16(14)7-18(17(9-23-11-25)12-1-2-12)24-19(20)13-3-5-15(22)6-4-13;1-9-6-11(8-14-12-4-5-12)10(2)13(7-9)15-3;2-1-3/h3-7,11-12,14,17H,1-2,8-10H2,(H,23,25);6-8,12,14H,2,4-5H2,1,3H3;1H,(H2,2,3)/b;11-8-;. The van der Waals surface area contributed by atoms with Crippen molar-refractivity contribution in [3.05, 3.63) is 75.5 Å². The third kappa shape index (κ3) is 8.33. The number of carbonyl (C=O) groups excluding carboxylic acids is 2. The summed E-state index contributed by atoms with van der Waals surface area (Å²) in [5.41, 5.74) is 8.37. The highest BCUT2D eigenvalue weighted by Gasteiger charge is 2.36. The summed E-state index contributed by atoms with van der Waals surface area (Å²) >= 11 is 0.